The fraction of sp³-hybridized carbons (Fsp3) is 0.421. The summed E-state index contributed by atoms with van der Waals surface area (Å²) >= 11 is 1.79. The summed E-state index contributed by atoms with van der Waals surface area (Å²) in [5, 5.41) is 14.7. The molecule has 0 radical (unpaired) electrons. The Kier molecular flexibility index (Phi) is 5.53. The summed E-state index contributed by atoms with van der Waals surface area (Å²) in [6.45, 7) is 1.81. The van der Waals surface area contributed by atoms with Crippen molar-refractivity contribution in [3.05, 3.63) is 52.2 Å². The third-order valence-corrected chi connectivity index (χ3v) is 5.62. The van der Waals surface area contributed by atoms with Gasteiger partial charge in [0.05, 0.1) is 6.42 Å². The maximum absolute atomic E-state index is 12.2. The molecule has 1 saturated heterocycles. The van der Waals surface area contributed by atoms with E-state index in [9.17, 15) is 9.90 Å². The molecule has 0 bridgehead atoms. The third kappa shape index (κ3) is 4.16. The van der Waals surface area contributed by atoms with Crippen LogP contribution in [0.1, 0.15) is 29.3 Å². The van der Waals surface area contributed by atoms with Gasteiger partial charge in [0.1, 0.15) is 5.75 Å². The zero-order chi connectivity index (χ0) is 16.9. The van der Waals surface area contributed by atoms with Gasteiger partial charge in [0.15, 0.2) is 0 Å². The number of rotatable bonds is 5. The molecule has 2 atom stereocenters. The minimum atomic E-state index is 0.0127. The molecular formula is C19H24N2O2S. The number of nitrogens with one attached hydrogen (secondary N) is 1. The summed E-state index contributed by atoms with van der Waals surface area (Å²) in [4.78, 5) is 16.0. The molecular weight excluding hydrogens is 320 g/mol. The monoisotopic (exact) mass is 344 g/mol. The number of piperidine rings is 1. The first-order valence-corrected chi connectivity index (χ1v) is 9.29. The van der Waals surface area contributed by atoms with Crippen LogP contribution < -0.4 is 5.32 Å². The molecule has 2 N–H and O–H groups in total. The third-order valence-electron chi connectivity index (χ3n) is 4.68. The maximum Gasteiger partial charge on any atom is 0.224 e. The predicted molar refractivity (Wildman–Crippen MR) is 97.2 cm³/mol. The molecule has 1 aromatic carbocycles. The van der Waals surface area contributed by atoms with Gasteiger partial charge in [-0.05, 0) is 61.5 Å². The second-order valence-corrected chi connectivity index (χ2v) is 7.47. The second kappa shape index (κ2) is 7.81. The van der Waals surface area contributed by atoms with Gasteiger partial charge in [-0.2, -0.15) is 0 Å². The Balaban J connectivity index is 1.59. The van der Waals surface area contributed by atoms with Crippen LogP contribution in [0, 0.1) is 5.92 Å². The largest absolute Gasteiger partial charge is 0.508 e. The fourth-order valence-electron chi connectivity index (χ4n) is 3.54. The molecule has 0 aliphatic carbocycles. The van der Waals surface area contributed by atoms with Gasteiger partial charge in [-0.25, -0.2) is 0 Å². The Labute approximate surface area is 147 Å². The molecule has 2 aromatic rings. The first-order valence-electron chi connectivity index (χ1n) is 8.42. The van der Waals surface area contributed by atoms with E-state index in [0.29, 0.717) is 24.9 Å². The number of thiophene rings is 1. The van der Waals surface area contributed by atoms with Gasteiger partial charge in [-0.3, -0.25) is 9.69 Å². The highest BCUT2D eigenvalue weighted by Gasteiger charge is 2.31. The minimum absolute atomic E-state index is 0.0127. The smallest absolute Gasteiger partial charge is 0.224 e. The zero-order valence-corrected chi connectivity index (χ0v) is 14.8. The number of hydrogen-bond donors (Lipinski definition) is 2. The van der Waals surface area contributed by atoms with E-state index >= 15 is 0 Å². The van der Waals surface area contributed by atoms with Gasteiger partial charge >= 0.3 is 0 Å². The summed E-state index contributed by atoms with van der Waals surface area (Å²) in [7, 11) is 2.17. The number of likely N-dealkylation sites (tertiary alicyclic amines) is 1. The number of phenolic OH excluding ortho intramolecular Hbond substituents is 1. The summed E-state index contributed by atoms with van der Waals surface area (Å²) < 4.78 is 0. The highest BCUT2D eigenvalue weighted by molar-refractivity contribution is 7.10. The van der Waals surface area contributed by atoms with Crippen molar-refractivity contribution >= 4 is 17.2 Å². The van der Waals surface area contributed by atoms with Gasteiger partial charge < -0.3 is 10.4 Å². The first kappa shape index (κ1) is 17.0. The van der Waals surface area contributed by atoms with Crippen molar-refractivity contribution < 1.29 is 9.90 Å². The van der Waals surface area contributed by atoms with E-state index in [4.69, 9.17) is 0 Å². The van der Waals surface area contributed by atoms with Crippen LogP contribution in [-0.4, -0.2) is 36.1 Å². The molecule has 0 spiro atoms. The summed E-state index contributed by atoms with van der Waals surface area (Å²) in [5.74, 6) is 0.654. The molecule has 5 heteroatoms. The van der Waals surface area contributed by atoms with Gasteiger partial charge in [0.2, 0.25) is 5.91 Å². The number of nitrogens with zero attached hydrogens (tertiary/aromatic N) is 1. The molecule has 128 valence electrons. The summed E-state index contributed by atoms with van der Waals surface area (Å²) in [6, 6.07) is 11.6. The van der Waals surface area contributed by atoms with Gasteiger partial charge in [0, 0.05) is 17.5 Å². The van der Waals surface area contributed by atoms with Crippen molar-refractivity contribution in [1.29, 1.82) is 0 Å². The van der Waals surface area contributed by atoms with Crippen LogP contribution >= 0.6 is 11.3 Å². The van der Waals surface area contributed by atoms with E-state index in [0.717, 1.165) is 18.5 Å². The number of aromatic hydroxyl groups is 1. The average molecular weight is 344 g/mol. The second-order valence-electron chi connectivity index (χ2n) is 6.49. The molecule has 1 aliphatic heterocycles. The van der Waals surface area contributed by atoms with Crippen LogP contribution in [0.3, 0.4) is 0 Å². The van der Waals surface area contributed by atoms with Crippen LogP contribution in [0.2, 0.25) is 0 Å². The lowest BCUT2D eigenvalue weighted by molar-refractivity contribution is -0.120. The molecule has 2 heterocycles. The molecule has 1 amide bonds. The normalized spacial score (nSPS) is 21.5. The van der Waals surface area contributed by atoms with Crippen LogP contribution in [0.15, 0.2) is 41.8 Å². The Morgan fingerprint density at radius 2 is 2.25 bits per heavy atom. The van der Waals surface area contributed by atoms with E-state index in [2.05, 4.69) is 34.8 Å². The quantitative estimate of drug-likeness (QED) is 0.876. The average Bonchev–Trinajstić information content (AvgIpc) is 3.07. The Morgan fingerprint density at radius 1 is 1.38 bits per heavy atom. The van der Waals surface area contributed by atoms with Crippen molar-refractivity contribution in [2.45, 2.75) is 25.3 Å². The van der Waals surface area contributed by atoms with Gasteiger partial charge in [-0.15, -0.1) is 11.3 Å². The number of hydrogen-bond acceptors (Lipinski definition) is 4. The van der Waals surface area contributed by atoms with Crippen molar-refractivity contribution in [1.82, 2.24) is 10.2 Å². The van der Waals surface area contributed by atoms with E-state index in [1.165, 1.54) is 11.3 Å². The number of amides is 1. The lowest BCUT2D eigenvalue weighted by Gasteiger charge is -2.38. The van der Waals surface area contributed by atoms with E-state index in [1.54, 1.807) is 29.5 Å². The first-order chi connectivity index (χ1) is 11.6. The minimum Gasteiger partial charge on any atom is -0.508 e. The van der Waals surface area contributed by atoms with E-state index < -0.39 is 0 Å². The molecule has 0 unspecified atom stereocenters. The van der Waals surface area contributed by atoms with E-state index in [1.807, 2.05) is 6.07 Å². The number of carbonyl (C=O) groups excluding carboxylic acids is 1. The Hall–Kier alpha value is -1.85. The fourth-order valence-corrected chi connectivity index (χ4v) is 4.52. The number of carbonyl (C=O) groups is 1. The highest BCUT2D eigenvalue weighted by Crippen LogP contribution is 2.36. The Morgan fingerprint density at radius 3 is 3.00 bits per heavy atom. The molecule has 24 heavy (non-hydrogen) atoms. The summed E-state index contributed by atoms with van der Waals surface area (Å²) in [6.07, 6.45) is 2.62. The van der Waals surface area contributed by atoms with Crippen molar-refractivity contribution in [3.8, 4) is 5.75 Å². The molecule has 1 fully saturated rings. The van der Waals surface area contributed by atoms with Gasteiger partial charge in [-0.1, -0.05) is 18.2 Å². The predicted octanol–water partition coefficient (Wildman–Crippen LogP) is 3.20. The molecule has 0 saturated carbocycles. The molecule has 1 aromatic heterocycles. The standard InChI is InChI=1S/C19H24N2O2S/c1-21-9-3-6-15(19(21)17-8-4-10-24-17)13-20-18(23)12-14-5-2-7-16(22)11-14/h2,4-5,7-8,10-11,15,19,22H,3,6,9,12-13H2,1H3,(H,20,23)/t15-,19+/m0/s1. The molecule has 3 rings (SSSR count). The number of phenols is 1. The SMILES string of the molecule is CN1CCC[C@@H](CNC(=O)Cc2cccc(O)c2)[C@@H]1c1cccs1. The van der Waals surface area contributed by atoms with Crippen molar-refractivity contribution in [2.24, 2.45) is 5.92 Å². The van der Waals surface area contributed by atoms with Crippen LogP contribution in [0.25, 0.3) is 0 Å². The zero-order valence-electron chi connectivity index (χ0n) is 13.9. The van der Waals surface area contributed by atoms with Crippen molar-refractivity contribution in [3.63, 3.8) is 0 Å². The molecule has 4 nitrogen and oxygen atoms in total. The topological polar surface area (TPSA) is 52.6 Å². The van der Waals surface area contributed by atoms with Crippen molar-refractivity contribution in [2.75, 3.05) is 20.1 Å². The lowest BCUT2D eigenvalue weighted by atomic mass is 9.88. The maximum atomic E-state index is 12.2. The van der Waals surface area contributed by atoms with Crippen LogP contribution in [0.4, 0.5) is 0 Å². The van der Waals surface area contributed by atoms with Crippen LogP contribution in [0.5, 0.6) is 5.75 Å². The van der Waals surface area contributed by atoms with Crippen LogP contribution in [-0.2, 0) is 11.2 Å². The lowest BCUT2D eigenvalue weighted by Crippen LogP contribution is -2.41. The molecule has 1 aliphatic rings. The van der Waals surface area contributed by atoms with Gasteiger partial charge in [0.25, 0.3) is 0 Å². The summed E-state index contributed by atoms with van der Waals surface area (Å²) in [5.41, 5.74) is 0.836. The number of benzene rings is 1. The van der Waals surface area contributed by atoms with E-state index in [-0.39, 0.29) is 11.7 Å². The highest BCUT2D eigenvalue weighted by atomic mass is 32.1. The Bertz CT molecular complexity index is 672.